The lowest BCUT2D eigenvalue weighted by atomic mass is 10.1. The van der Waals surface area contributed by atoms with Gasteiger partial charge in [-0.15, -0.1) is 0 Å². The quantitative estimate of drug-likeness (QED) is 0.676. The van der Waals surface area contributed by atoms with Crippen molar-refractivity contribution in [2.24, 2.45) is 0 Å². The van der Waals surface area contributed by atoms with E-state index >= 15 is 0 Å². The van der Waals surface area contributed by atoms with Gasteiger partial charge in [0.25, 0.3) is 0 Å². The predicted molar refractivity (Wildman–Crippen MR) is 95.7 cm³/mol. The van der Waals surface area contributed by atoms with Gasteiger partial charge in [-0.1, -0.05) is 24.3 Å². The van der Waals surface area contributed by atoms with Crippen LogP contribution >= 0.6 is 0 Å². The number of benzene rings is 2. The van der Waals surface area contributed by atoms with Crippen LogP contribution in [-0.2, 0) is 13.1 Å². The SMILES string of the molecule is Cc1ccc(CNC(=O)NCCCn2cnc3ccccc32)cc1F. The molecular weight excluding hydrogens is 319 g/mol. The maximum Gasteiger partial charge on any atom is 0.315 e. The van der Waals surface area contributed by atoms with Crippen LogP contribution in [0.3, 0.4) is 0 Å². The van der Waals surface area contributed by atoms with Gasteiger partial charge in [-0.2, -0.15) is 0 Å². The Labute approximate surface area is 145 Å². The van der Waals surface area contributed by atoms with Gasteiger partial charge in [0.15, 0.2) is 0 Å². The first-order chi connectivity index (χ1) is 12.1. The summed E-state index contributed by atoms with van der Waals surface area (Å²) >= 11 is 0. The summed E-state index contributed by atoms with van der Waals surface area (Å²) in [6.07, 6.45) is 2.61. The molecule has 0 saturated heterocycles. The molecule has 0 aliphatic heterocycles. The molecule has 130 valence electrons. The molecule has 0 fully saturated rings. The molecule has 0 spiro atoms. The third kappa shape index (κ3) is 4.35. The fourth-order valence-corrected chi connectivity index (χ4v) is 2.63. The number of aryl methyl sites for hydroxylation is 2. The van der Waals surface area contributed by atoms with E-state index in [1.165, 1.54) is 6.07 Å². The van der Waals surface area contributed by atoms with Crippen LogP contribution in [0.2, 0.25) is 0 Å². The molecule has 6 heteroatoms. The van der Waals surface area contributed by atoms with Crippen molar-refractivity contribution < 1.29 is 9.18 Å². The van der Waals surface area contributed by atoms with Gasteiger partial charge < -0.3 is 15.2 Å². The summed E-state index contributed by atoms with van der Waals surface area (Å²) < 4.78 is 15.5. The number of fused-ring (bicyclic) bond motifs is 1. The second kappa shape index (κ2) is 7.79. The number of carbonyl (C=O) groups excluding carboxylic acids is 1. The molecule has 1 aromatic heterocycles. The summed E-state index contributed by atoms with van der Waals surface area (Å²) in [5.74, 6) is -0.257. The average molecular weight is 340 g/mol. The zero-order valence-electron chi connectivity index (χ0n) is 14.1. The molecule has 3 aromatic rings. The van der Waals surface area contributed by atoms with Crippen LogP contribution in [0.5, 0.6) is 0 Å². The summed E-state index contributed by atoms with van der Waals surface area (Å²) in [7, 11) is 0. The van der Waals surface area contributed by atoms with Crippen molar-refractivity contribution in [3.63, 3.8) is 0 Å². The van der Waals surface area contributed by atoms with Crippen molar-refractivity contribution in [1.29, 1.82) is 0 Å². The Morgan fingerprint density at radius 1 is 1.20 bits per heavy atom. The summed E-state index contributed by atoms with van der Waals surface area (Å²) in [6, 6.07) is 12.7. The molecule has 0 radical (unpaired) electrons. The Kier molecular flexibility index (Phi) is 5.28. The van der Waals surface area contributed by atoms with Crippen molar-refractivity contribution in [3.05, 3.63) is 65.7 Å². The fraction of sp³-hybridized carbons (Fsp3) is 0.263. The Hall–Kier alpha value is -2.89. The number of carbonyl (C=O) groups is 1. The topological polar surface area (TPSA) is 59.0 Å². The molecule has 1 heterocycles. The van der Waals surface area contributed by atoms with E-state index in [9.17, 15) is 9.18 Å². The molecule has 2 N–H and O–H groups in total. The summed E-state index contributed by atoms with van der Waals surface area (Å²) in [5.41, 5.74) is 3.40. The number of aromatic nitrogens is 2. The number of para-hydroxylation sites is 2. The van der Waals surface area contributed by atoms with E-state index in [-0.39, 0.29) is 11.8 Å². The number of hydrogen-bond donors (Lipinski definition) is 2. The monoisotopic (exact) mass is 340 g/mol. The van der Waals surface area contributed by atoms with Crippen LogP contribution in [0.1, 0.15) is 17.5 Å². The Morgan fingerprint density at radius 2 is 2.04 bits per heavy atom. The van der Waals surface area contributed by atoms with Gasteiger partial charge in [0.1, 0.15) is 5.82 Å². The second-order valence-corrected chi connectivity index (χ2v) is 5.97. The number of hydrogen-bond acceptors (Lipinski definition) is 2. The lowest BCUT2D eigenvalue weighted by Crippen LogP contribution is -2.35. The van der Waals surface area contributed by atoms with Crippen LogP contribution in [0.4, 0.5) is 9.18 Å². The number of nitrogens with one attached hydrogen (secondary N) is 2. The number of nitrogens with zero attached hydrogens (tertiary/aromatic N) is 2. The molecule has 3 rings (SSSR count). The standard InChI is InChI=1S/C19H21FN4O/c1-14-7-8-15(11-16(14)20)12-22-19(25)21-9-4-10-24-13-23-17-5-2-3-6-18(17)24/h2-3,5-8,11,13H,4,9-10,12H2,1H3,(H2,21,22,25). The highest BCUT2D eigenvalue weighted by atomic mass is 19.1. The van der Waals surface area contributed by atoms with Crippen molar-refractivity contribution in [2.75, 3.05) is 6.54 Å². The number of imidazole rings is 1. The molecule has 0 unspecified atom stereocenters. The number of halogens is 1. The molecule has 0 atom stereocenters. The van der Waals surface area contributed by atoms with Gasteiger partial charge in [-0.05, 0) is 42.7 Å². The first-order valence-corrected chi connectivity index (χ1v) is 8.30. The molecule has 0 aliphatic carbocycles. The highest BCUT2D eigenvalue weighted by molar-refractivity contribution is 5.75. The molecule has 0 bridgehead atoms. The number of urea groups is 1. The molecule has 0 aliphatic rings. The van der Waals surface area contributed by atoms with Crippen molar-refractivity contribution in [1.82, 2.24) is 20.2 Å². The number of amides is 2. The first kappa shape index (κ1) is 17.0. The van der Waals surface area contributed by atoms with Crippen LogP contribution in [0, 0.1) is 12.7 Å². The predicted octanol–water partition coefficient (Wildman–Crippen LogP) is 3.37. The van der Waals surface area contributed by atoms with Crippen LogP contribution in [-0.4, -0.2) is 22.1 Å². The zero-order valence-corrected chi connectivity index (χ0v) is 14.1. The minimum Gasteiger partial charge on any atom is -0.338 e. The fourth-order valence-electron chi connectivity index (χ4n) is 2.63. The Bertz CT molecular complexity index is 875. The van der Waals surface area contributed by atoms with E-state index in [0.717, 1.165) is 29.6 Å². The Morgan fingerprint density at radius 3 is 2.88 bits per heavy atom. The highest BCUT2D eigenvalue weighted by Crippen LogP contribution is 2.12. The Balaban J connectivity index is 1.40. The smallest absolute Gasteiger partial charge is 0.315 e. The van der Waals surface area contributed by atoms with Crippen LogP contribution in [0.15, 0.2) is 48.8 Å². The lowest BCUT2D eigenvalue weighted by Gasteiger charge is -2.09. The number of rotatable bonds is 6. The highest BCUT2D eigenvalue weighted by Gasteiger charge is 2.04. The summed E-state index contributed by atoms with van der Waals surface area (Å²) in [6.45, 7) is 3.35. The third-order valence-electron chi connectivity index (χ3n) is 4.08. The van der Waals surface area contributed by atoms with Gasteiger partial charge in [0.2, 0.25) is 0 Å². The van der Waals surface area contributed by atoms with E-state index in [1.54, 1.807) is 13.0 Å². The molecule has 25 heavy (non-hydrogen) atoms. The average Bonchev–Trinajstić information content (AvgIpc) is 3.03. The van der Waals surface area contributed by atoms with Gasteiger partial charge in [0.05, 0.1) is 17.4 Å². The van der Waals surface area contributed by atoms with E-state index in [2.05, 4.69) is 20.2 Å². The van der Waals surface area contributed by atoms with Crippen molar-refractivity contribution in [2.45, 2.75) is 26.4 Å². The third-order valence-corrected chi connectivity index (χ3v) is 4.08. The zero-order chi connectivity index (χ0) is 17.6. The second-order valence-electron chi connectivity index (χ2n) is 5.97. The van der Waals surface area contributed by atoms with Gasteiger partial charge in [-0.25, -0.2) is 14.2 Å². The largest absolute Gasteiger partial charge is 0.338 e. The van der Waals surface area contributed by atoms with Gasteiger partial charge in [0, 0.05) is 19.6 Å². The first-order valence-electron chi connectivity index (χ1n) is 8.30. The summed E-state index contributed by atoms with van der Waals surface area (Å²) in [4.78, 5) is 16.1. The molecule has 2 amide bonds. The minimum atomic E-state index is -0.257. The van der Waals surface area contributed by atoms with E-state index in [4.69, 9.17) is 0 Å². The van der Waals surface area contributed by atoms with E-state index in [0.29, 0.717) is 18.7 Å². The molecule has 2 aromatic carbocycles. The summed E-state index contributed by atoms with van der Waals surface area (Å²) in [5, 5.41) is 5.54. The lowest BCUT2D eigenvalue weighted by molar-refractivity contribution is 0.240. The molecular formula is C19H21FN4O. The van der Waals surface area contributed by atoms with Crippen LogP contribution < -0.4 is 10.6 Å². The minimum absolute atomic E-state index is 0.253. The van der Waals surface area contributed by atoms with E-state index in [1.807, 2.05) is 36.7 Å². The molecule has 5 nitrogen and oxygen atoms in total. The van der Waals surface area contributed by atoms with Crippen molar-refractivity contribution >= 4 is 17.1 Å². The van der Waals surface area contributed by atoms with Gasteiger partial charge in [-0.3, -0.25) is 0 Å². The van der Waals surface area contributed by atoms with Gasteiger partial charge >= 0.3 is 6.03 Å². The van der Waals surface area contributed by atoms with Crippen LogP contribution in [0.25, 0.3) is 11.0 Å². The maximum atomic E-state index is 13.5. The maximum absolute atomic E-state index is 13.5. The molecule has 0 saturated carbocycles. The normalized spacial score (nSPS) is 10.8. The van der Waals surface area contributed by atoms with Crippen molar-refractivity contribution in [3.8, 4) is 0 Å². The van der Waals surface area contributed by atoms with E-state index < -0.39 is 0 Å².